The Kier molecular flexibility index (Phi) is 8.55. The third-order valence-corrected chi connectivity index (χ3v) is 15.5. The zero-order valence-corrected chi connectivity index (χ0v) is 37.0. The number of hydrogen-bond acceptors (Lipinski definition) is 6. The van der Waals surface area contributed by atoms with E-state index >= 15 is 0 Å². The normalized spacial score (nSPS) is 12.7. The molecule has 9 aromatic carbocycles. The SMILES string of the molecule is Cc1cc(N(c2cc3c(c4ccccc24)-c2ccc(N(c4ccc(C#N)cc4)c4cccc5sc6ccccc6c45)cc2C3(C)C)c2cccc3sc4ccccc4c23)ccc1C#N. The predicted octanol–water partition coefficient (Wildman–Crippen LogP) is 16.9. The number of nitrogens with zero attached hydrogens (tertiary/aromatic N) is 4. The van der Waals surface area contributed by atoms with Crippen LogP contribution in [-0.4, -0.2) is 0 Å². The molecule has 1 aliphatic rings. The number of nitriles is 2. The number of fused-ring (bicyclic) bond motifs is 11. The van der Waals surface area contributed by atoms with Gasteiger partial charge in [0.2, 0.25) is 0 Å². The summed E-state index contributed by atoms with van der Waals surface area (Å²) >= 11 is 3.64. The molecule has 64 heavy (non-hydrogen) atoms. The molecule has 1 aliphatic carbocycles. The van der Waals surface area contributed by atoms with Gasteiger partial charge in [-0.2, -0.15) is 10.5 Å². The average molecular weight is 855 g/mol. The van der Waals surface area contributed by atoms with Gasteiger partial charge >= 0.3 is 0 Å². The Balaban J connectivity index is 1.09. The quantitative estimate of drug-likeness (QED) is 0.167. The molecule has 0 amide bonds. The number of benzene rings is 9. The van der Waals surface area contributed by atoms with Crippen LogP contribution in [0.4, 0.5) is 34.1 Å². The molecule has 4 nitrogen and oxygen atoms in total. The summed E-state index contributed by atoms with van der Waals surface area (Å²) in [4.78, 5) is 4.80. The molecule has 0 aliphatic heterocycles. The lowest BCUT2D eigenvalue weighted by Crippen LogP contribution is -2.18. The minimum absolute atomic E-state index is 0.385. The largest absolute Gasteiger partial charge is 0.310 e. The first-order chi connectivity index (χ1) is 31.3. The summed E-state index contributed by atoms with van der Waals surface area (Å²) in [6, 6.07) is 67.8. The number of aryl methyl sites for hydroxylation is 1. The van der Waals surface area contributed by atoms with Crippen LogP contribution in [0.15, 0.2) is 176 Å². The third-order valence-electron chi connectivity index (χ3n) is 13.2. The Morgan fingerprint density at radius 1 is 0.453 bits per heavy atom. The first-order valence-corrected chi connectivity index (χ1v) is 23.1. The second-order valence-electron chi connectivity index (χ2n) is 17.2. The first kappa shape index (κ1) is 38.0. The van der Waals surface area contributed by atoms with Crippen LogP contribution in [0.1, 0.15) is 41.7 Å². The van der Waals surface area contributed by atoms with Crippen molar-refractivity contribution in [1.82, 2.24) is 0 Å². The van der Waals surface area contributed by atoms with E-state index in [1.165, 1.54) is 68.0 Å². The minimum atomic E-state index is -0.385. The lowest BCUT2D eigenvalue weighted by Gasteiger charge is -2.31. The van der Waals surface area contributed by atoms with Gasteiger partial charge in [0.05, 0.1) is 40.3 Å². The molecule has 0 atom stereocenters. The summed E-state index contributed by atoms with van der Waals surface area (Å²) in [6.45, 7) is 6.76. The second-order valence-corrected chi connectivity index (χ2v) is 19.3. The molecule has 6 heteroatoms. The van der Waals surface area contributed by atoms with Crippen LogP contribution in [0, 0.1) is 29.6 Å². The summed E-state index contributed by atoms with van der Waals surface area (Å²) in [6.07, 6.45) is 0. The molecular formula is C58H38N4S2. The van der Waals surface area contributed by atoms with E-state index in [9.17, 15) is 10.5 Å². The topological polar surface area (TPSA) is 54.1 Å². The Hall–Kier alpha value is -7.74. The summed E-state index contributed by atoms with van der Waals surface area (Å²) < 4.78 is 4.98. The number of thiophene rings is 2. The standard InChI is InChI=1S/C58H38N4S2/c1-35-30-39(27-24-37(35)34-60)62(49-17-11-21-54-57(49)45-15-7-9-19-52(45)64-54)50-32-47-55(42-13-5-4-12-41(42)50)43-29-28-40(31-46(43)58(47,2)3)61(38-25-22-36(33-59)23-26-38)48-16-10-20-53-56(48)44-14-6-8-18-51(44)63-53/h4-32H,1-3H3. The highest BCUT2D eigenvalue weighted by molar-refractivity contribution is 7.26. The molecule has 0 N–H and O–H groups in total. The number of hydrogen-bond donors (Lipinski definition) is 0. The van der Waals surface area contributed by atoms with Crippen LogP contribution < -0.4 is 9.80 Å². The van der Waals surface area contributed by atoms with Gasteiger partial charge in [-0.15, -0.1) is 22.7 Å². The van der Waals surface area contributed by atoms with Gasteiger partial charge in [-0.25, -0.2) is 0 Å². The lowest BCUT2D eigenvalue weighted by atomic mass is 9.81. The van der Waals surface area contributed by atoms with Crippen molar-refractivity contribution in [2.75, 3.05) is 9.80 Å². The molecule has 0 fully saturated rings. The Bertz CT molecular complexity index is 3820. The van der Waals surface area contributed by atoms with Crippen molar-refractivity contribution < 1.29 is 0 Å². The van der Waals surface area contributed by atoms with E-state index in [1.807, 2.05) is 47.8 Å². The molecule has 0 saturated heterocycles. The van der Waals surface area contributed by atoms with Crippen molar-refractivity contribution in [3.05, 3.63) is 204 Å². The summed E-state index contributed by atoms with van der Waals surface area (Å²) in [5, 5.41) is 27.1. The maximum Gasteiger partial charge on any atom is 0.0994 e. The fourth-order valence-electron chi connectivity index (χ4n) is 10.2. The molecule has 0 bridgehead atoms. The Morgan fingerprint density at radius 3 is 1.62 bits per heavy atom. The monoisotopic (exact) mass is 854 g/mol. The van der Waals surface area contributed by atoms with Crippen LogP contribution >= 0.6 is 22.7 Å². The molecular weight excluding hydrogens is 817 g/mol. The highest BCUT2D eigenvalue weighted by Crippen LogP contribution is 2.57. The van der Waals surface area contributed by atoms with E-state index in [0.717, 1.165) is 45.1 Å². The van der Waals surface area contributed by atoms with Gasteiger partial charge < -0.3 is 9.80 Å². The van der Waals surface area contributed by atoms with Gasteiger partial charge in [0.1, 0.15) is 0 Å². The van der Waals surface area contributed by atoms with Gasteiger partial charge in [-0.1, -0.05) is 92.7 Å². The van der Waals surface area contributed by atoms with E-state index in [2.05, 4.69) is 194 Å². The van der Waals surface area contributed by atoms with Crippen LogP contribution in [0.25, 0.3) is 62.2 Å². The van der Waals surface area contributed by atoms with Gasteiger partial charge in [0, 0.05) is 68.2 Å². The lowest BCUT2D eigenvalue weighted by molar-refractivity contribution is 0.661. The van der Waals surface area contributed by atoms with Gasteiger partial charge in [-0.05, 0) is 137 Å². The molecule has 0 unspecified atom stereocenters. The van der Waals surface area contributed by atoms with E-state index in [1.54, 1.807) is 0 Å². The summed E-state index contributed by atoms with van der Waals surface area (Å²) in [5.74, 6) is 0. The maximum absolute atomic E-state index is 10.0. The summed E-state index contributed by atoms with van der Waals surface area (Å²) in [7, 11) is 0. The van der Waals surface area contributed by atoms with Crippen LogP contribution in [-0.2, 0) is 5.41 Å². The van der Waals surface area contributed by atoms with Crippen molar-refractivity contribution in [2.45, 2.75) is 26.2 Å². The maximum atomic E-state index is 10.0. The average Bonchev–Trinajstić information content (AvgIpc) is 3.98. The van der Waals surface area contributed by atoms with E-state index in [-0.39, 0.29) is 5.41 Å². The van der Waals surface area contributed by atoms with Gasteiger partial charge in [0.25, 0.3) is 0 Å². The van der Waals surface area contributed by atoms with E-state index in [0.29, 0.717) is 11.1 Å². The smallest absolute Gasteiger partial charge is 0.0994 e. The van der Waals surface area contributed by atoms with E-state index in [4.69, 9.17) is 0 Å². The van der Waals surface area contributed by atoms with Crippen molar-refractivity contribution in [3.63, 3.8) is 0 Å². The third kappa shape index (κ3) is 5.64. The number of anilines is 6. The molecule has 12 rings (SSSR count). The molecule has 0 spiro atoms. The zero-order chi connectivity index (χ0) is 43.3. The summed E-state index contributed by atoms with van der Waals surface area (Å²) in [5.41, 5.74) is 13.2. The van der Waals surface area contributed by atoms with Crippen molar-refractivity contribution >= 4 is 108 Å². The van der Waals surface area contributed by atoms with Crippen molar-refractivity contribution in [1.29, 1.82) is 10.5 Å². The second kappa shape index (κ2) is 14.4. The van der Waals surface area contributed by atoms with Crippen molar-refractivity contribution in [3.8, 4) is 23.3 Å². The molecule has 11 aromatic rings. The molecule has 2 heterocycles. The molecule has 2 aromatic heterocycles. The Morgan fingerprint density at radius 2 is 1.00 bits per heavy atom. The van der Waals surface area contributed by atoms with Crippen molar-refractivity contribution in [2.24, 2.45) is 0 Å². The van der Waals surface area contributed by atoms with Crippen LogP contribution in [0.5, 0.6) is 0 Å². The van der Waals surface area contributed by atoms with Crippen LogP contribution in [0.3, 0.4) is 0 Å². The predicted molar refractivity (Wildman–Crippen MR) is 271 cm³/mol. The molecule has 0 saturated carbocycles. The van der Waals surface area contributed by atoms with Gasteiger partial charge in [0.15, 0.2) is 0 Å². The molecule has 302 valence electrons. The fraction of sp³-hybridized carbons (Fsp3) is 0.0690. The van der Waals surface area contributed by atoms with Crippen LogP contribution in [0.2, 0.25) is 0 Å². The van der Waals surface area contributed by atoms with Gasteiger partial charge in [-0.3, -0.25) is 0 Å². The first-order valence-electron chi connectivity index (χ1n) is 21.5. The number of rotatable bonds is 6. The highest BCUT2D eigenvalue weighted by atomic mass is 32.1. The zero-order valence-electron chi connectivity index (χ0n) is 35.3. The minimum Gasteiger partial charge on any atom is -0.310 e. The highest BCUT2D eigenvalue weighted by Gasteiger charge is 2.39. The van der Waals surface area contributed by atoms with E-state index < -0.39 is 0 Å². The Labute approximate surface area is 379 Å². The molecule has 0 radical (unpaired) electrons. The fourth-order valence-corrected chi connectivity index (χ4v) is 12.4.